The summed E-state index contributed by atoms with van der Waals surface area (Å²) in [5.74, 6) is 0.749. The summed E-state index contributed by atoms with van der Waals surface area (Å²) in [6.07, 6.45) is 1.64. The van der Waals surface area contributed by atoms with Gasteiger partial charge in [-0.15, -0.1) is 0 Å². The number of hydrogen-bond donors (Lipinski definition) is 2. The van der Waals surface area contributed by atoms with Crippen molar-refractivity contribution < 1.29 is 9.21 Å². The molecule has 0 saturated carbocycles. The van der Waals surface area contributed by atoms with Crippen LogP contribution in [0, 0.1) is 6.92 Å². The molecule has 0 aliphatic carbocycles. The van der Waals surface area contributed by atoms with Crippen LogP contribution in [0.3, 0.4) is 0 Å². The number of nitrogens with two attached hydrogens (primary N) is 1. The first-order valence-corrected chi connectivity index (χ1v) is 6.58. The summed E-state index contributed by atoms with van der Waals surface area (Å²) in [7, 11) is 0. The van der Waals surface area contributed by atoms with Crippen molar-refractivity contribution in [1.29, 1.82) is 0 Å². The number of benzene rings is 1. The molecule has 0 bridgehead atoms. The third kappa shape index (κ3) is 3.02. The molecule has 20 heavy (non-hydrogen) atoms. The highest BCUT2D eigenvalue weighted by Gasteiger charge is 2.24. The molecular weight excluding hydrogens is 252 g/mol. The first-order valence-electron chi connectivity index (χ1n) is 6.58. The topological polar surface area (TPSA) is 68.3 Å². The van der Waals surface area contributed by atoms with Crippen LogP contribution < -0.4 is 11.1 Å². The average molecular weight is 272 g/mol. The molecule has 0 atom stereocenters. The molecule has 1 amide bonds. The molecular formula is C16H20N2O2. The number of hydrogen-bond acceptors (Lipinski definition) is 3. The number of furan rings is 1. The van der Waals surface area contributed by atoms with Crippen LogP contribution in [0.2, 0.25) is 0 Å². The van der Waals surface area contributed by atoms with E-state index < -0.39 is 0 Å². The Bertz CT molecular complexity index is 601. The Labute approximate surface area is 119 Å². The Morgan fingerprint density at radius 3 is 2.70 bits per heavy atom. The predicted octanol–water partition coefficient (Wildman–Crippen LogP) is 2.88. The predicted molar refractivity (Wildman–Crippen MR) is 79.7 cm³/mol. The maximum atomic E-state index is 12.1. The van der Waals surface area contributed by atoms with Gasteiger partial charge in [-0.3, -0.25) is 4.79 Å². The molecule has 1 aromatic heterocycles. The van der Waals surface area contributed by atoms with Crippen LogP contribution in [0.25, 0.3) is 0 Å². The van der Waals surface area contributed by atoms with Crippen molar-refractivity contribution in [1.82, 2.24) is 5.32 Å². The van der Waals surface area contributed by atoms with Crippen LogP contribution in [0.15, 0.2) is 41.0 Å². The van der Waals surface area contributed by atoms with Crippen molar-refractivity contribution in [3.63, 3.8) is 0 Å². The van der Waals surface area contributed by atoms with Crippen LogP contribution in [-0.2, 0) is 5.41 Å². The summed E-state index contributed by atoms with van der Waals surface area (Å²) in [6.45, 7) is 6.45. The molecule has 3 N–H and O–H groups in total. The molecule has 0 aliphatic rings. The van der Waals surface area contributed by atoms with Crippen LogP contribution in [0.4, 0.5) is 5.69 Å². The van der Waals surface area contributed by atoms with Crippen molar-refractivity contribution in [2.45, 2.75) is 26.2 Å². The molecule has 0 fully saturated rings. The number of carbonyl (C=O) groups is 1. The van der Waals surface area contributed by atoms with Crippen LogP contribution in [-0.4, -0.2) is 12.5 Å². The fraction of sp³-hybridized carbons (Fsp3) is 0.312. The van der Waals surface area contributed by atoms with Gasteiger partial charge in [0.05, 0.1) is 6.26 Å². The molecule has 2 rings (SSSR count). The first kappa shape index (κ1) is 14.2. The summed E-state index contributed by atoms with van der Waals surface area (Å²) in [5, 5.41) is 2.93. The van der Waals surface area contributed by atoms with Crippen molar-refractivity contribution in [3.05, 3.63) is 53.5 Å². The van der Waals surface area contributed by atoms with Gasteiger partial charge < -0.3 is 15.5 Å². The highest BCUT2D eigenvalue weighted by Crippen LogP contribution is 2.22. The van der Waals surface area contributed by atoms with Gasteiger partial charge in [0.2, 0.25) is 0 Å². The number of carbonyl (C=O) groups excluding carboxylic acids is 1. The highest BCUT2D eigenvalue weighted by molar-refractivity contribution is 5.94. The van der Waals surface area contributed by atoms with Crippen molar-refractivity contribution in [2.24, 2.45) is 0 Å². The van der Waals surface area contributed by atoms with E-state index in [1.165, 1.54) is 0 Å². The number of aryl methyl sites for hydroxylation is 1. The van der Waals surface area contributed by atoms with Crippen LogP contribution >= 0.6 is 0 Å². The fourth-order valence-corrected chi connectivity index (χ4v) is 1.97. The summed E-state index contributed by atoms with van der Waals surface area (Å²) < 4.78 is 5.40. The SMILES string of the molecule is Cc1cc(C(=O)NCC(C)(C)c2ccco2)ccc1N. The van der Waals surface area contributed by atoms with Gasteiger partial charge in [0.15, 0.2) is 0 Å². The Morgan fingerprint density at radius 1 is 1.35 bits per heavy atom. The van der Waals surface area contributed by atoms with E-state index >= 15 is 0 Å². The van der Waals surface area contributed by atoms with Gasteiger partial charge in [-0.05, 0) is 42.8 Å². The first-order chi connectivity index (χ1) is 9.40. The summed E-state index contributed by atoms with van der Waals surface area (Å²) in [4.78, 5) is 12.1. The van der Waals surface area contributed by atoms with Gasteiger partial charge in [-0.25, -0.2) is 0 Å². The van der Waals surface area contributed by atoms with Crippen molar-refractivity contribution in [2.75, 3.05) is 12.3 Å². The Hall–Kier alpha value is -2.23. The minimum absolute atomic E-state index is 0.104. The van der Waals surface area contributed by atoms with Crippen LogP contribution in [0.5, 0.6) is 0 Å². The number of amides is 1. The molecule has 2 aromatic rings. The second-order valence-corrected chi connectivity index (χ2v) is 5.62. The molecule has 4 heteroatoms. The van der Waals surface area contributed by atoms with Gasteiger partial charge in [0.1, 0.15) is 5.76 Å². The molecule has 0 aliphatic heterocycles. The average Bonchev–Trinajstić information content (AvgIpc) is 2.94. The maximum Gasteiger partial charge on any atom is 0.251 e. The lowest BCUT2D eigenvalue weighted by molar-refractivity contribution is 0.0944. The third-order valence-corrected chi connectivity index (χ3v) is 3.41. The minimum Gasteiger partial charge on any atom is -0.469 e. The summed E-state index contributed by atoms with van der Waals surface area (Å²) in [6, 6.07) is 9.05. The largest absolute Gasteiger partial charge is 0.469 e. The van der Waals surface area contributed by atoms with Gasteiger partial charge in [-0.2, -0.15) is 0 Å². The lowest BCUT2D eigenvalue weighted by Gasteiger charge is -2.22. The third-order valence-electron chi connectivity index (χ3n) is 3.41. The molecule has 0 spiro atoms. The highest BCUT2D eigenvalue weighted by atomic mass is 16.3. The molecule has 0 radical (unpaired) electrons. The van der Waals surface area contributed by atoms with Gasteiger partial charge in [-0.1, -0.05) is 13.8 Å². The zero-order valence-electron chi connectivity index (χ0n) is 12.1. The fourth-order valence-electron chi connectivity index (χ4n) is 1.97. The Kier molecular flexibility index (Phi) is 3.84. The monoisotopic (exact) mass is 272 g/mol. The summed E-state index contributed by atoms with van der Waals surface area (Å²) in [5.41, 5.74) is 7.72. The van der Waals surface area contributed by atoms with E-state index in [1.807, 2.05) is 32.9 Å². The zero-order valence-corrected chi connectivity index (χ0v) is 12.1. The zero-order chi connectivity index (χ0) is 14.8. The van der Waals surface area contributed by atoms with Gasteiger partial charge >= 0.3 is 0 Å². The standard InChI is InChI=1S/C16H20N2O2/c1-11-9-12(6-7-13(11)17)15(19)18-10-16(2,3)14-5-4-8-20-14/h4-9H,10,17H2,1-3H3,(H,18,19). The van der Waals surface area contributed by atoms with Gasteiger partial charge in [0, 0.05) is 23.2 Å². The minimum atomic E-state index is -0.248. The smallest absolute Gasteiger partial charge is 0.251 e. The molecule has 1 heterocycles. The second-order valence-electron chi connectivity index (χ2n) is 5.62. The number of nitrogens with one attached hydrogen (secondary N) is 1. The second kappa shape index (κ2) is 5.41. The lowest BCUT2D eigenvalue weighted by Crippen LogP contribution is -2.36. The molecule has 0 unspecified atom stereocenters. The van der Waals surface area contributed by atoms with E-state index in [-0.39, 0.29) is 11.3 Å². The Balaban J connectivity index is 2.03. The number of anilines is 1. The Morgan fingerprint density at radius 2 is 2.10 bits per heavy atom. The normalized spacial score (nSPS) is 11.3. The van der Waals surface area contributed by atoms with E-state index in [4.69, 9.17) is 10.2 Å². The van der Waals surface area contributed by atoms with Crippen molar-refractivity contribution in [3.8, 4) is 0 Å². The molecule has 106 valence electrons. The molecule has 1 aromatic carbocycles. The lowest BCUT2D eigenvalue weighted by atomic mass is 9.90. The van der Waals surface area contributed by atoms with E-state index in [0.29, 0.717) is 17.8 Å². The number of nitrogen functional groups attached to an aromatic ring is 1. The van der Waals surface area contributed by atoms with E-state index in [0.717, 1.165) is 11.3 Å². The molecule has 4 nitrogen and oxygen atoms in total. The summed E-state index contributed by atoms with van der Waals surface area (Å²) >= 11 is 0. The van der Waals surface area contributed by atoms with Gasteiger partial charge in [0.25, 0.3) is 5.91 Å². The van der Waals surface area contributed by atoms with Crippen molar-refractivity contribution >= 4 is 11.6 Å². The van der Waals surface area contributed by atoms with E-state index in [1.54, 1.807) is 24.5 Å². The van der Waals surface area contributed by atoms with E-state index in [9.17, 15) is 4.79 Å². The maximum absolute atomic E-state index is 12.1. The quantitative estimate of drug-likeness (QED) is 0.841. The molecule has 0 saturated heterocycles. The van der Waals surface area contributed by atoms with E-state index in [2.05, 4.69) is 5.32 Å². The number of rotatable bonds is 4. The van der Waals surface area contributed by atoms with Crippen LogP contribution in [0.1, 0.15) is 35.5 Å².